The van der Waals surface area contributed by atoms with Crippen molar-refractivity contribution < 1.29 is 14.3 Å². The number of ether oxygens (including phenoxy) is 1. The number of hydrogen-bond acceptors (Lipinski definition) is 4. The van der Waals surface area contributed by atoms with Crippen molar-refractivity contribution in [2.24, 2.45) is 0 Å². The average molecular weight is 384 g/mol. The van der Waals surface area contributed by atoms with Gasteiger partial charge in [-0.2, -0.15) is 0 Å². The second-order valence-electron chi connectivity index (χ2n) is 6.83. The highest BCUT2D eigenvalue weighted by molar-refractivity contribution is 6.02. The largest absolute Gasteiger partial charge is 0.447 e. The van der Waals surface area contributed by atoms with E-state index in [1.165, 1.54) is 11.0 Å². The molecule has 5 heteroatoms. The summed E-state index contributed by atoms with van der Waals surface area (Å²) in [7, 11) is 0. The fourth-order valence-electron chi connectivity index (χ4n) is 3.37. The lowest BCUT2D eigenvalue weighted by atomic mass is 10.0. The summed E-state index contributed by atoms with van der Waals surface area (Å²) >= 11 is 0. The first-order valence-corrected chi connectivity index (χ1v) is 9.43. The van der Waals surface area contributed by atoms with Crippen molar-refractivity contribution in [1.82, 2.24) is 9.88 Å². The molecule has 0 N–H and O–H groups in total. The van der Waals surface area contributed by atoms with Gasteiger partial charge in [-0.15, -0.1) is 0 Å². The van der Waals surface area contributed by atoms with Crippen LogP contribution in [0, 0.1) is 0 Å². The monoisotopic (exact) mass is 384 g/mol. The third-order valence-corrected chi connectivity index (χ3v) is 4.81. The number of hydrogen-bond donors (Lipinski definition) is 0. The van der Waals surface area contributed by atoms with Crippen LogP contribution in [0.5, 0.6) is 0 Å². The van der Waals surface area contributed by atoms with Gasteiger partial charge in [-0.05, 0) is 41.3 Å². The summed E-state index contributed by atoms with van der Waals surface area (Å²) in [6, 6.07) is 21.1. The van der Waals surface area contributed by atoms with E-state index in [2.05, 4.69) is 4.98 Å². The van der Waals surface area contributed by atoms with Crippen LogP contribution in [0.15, 0.2) is 85.2 Å². The van der Waals surface area contributed by atoms with E-state index in [1.807, 2.05) is 66.7 Å². The normalized spacial score (nSPS) is 16.2. The lowest BCUT2D eigenvalue weighted by Gasteiger charge is -2.18. The summed E-state index contributed by atoms with van der Waals surface area (Å²) in [5.41, 5.74) is 3.93. The lowest BCUT2D eigenvalue weighted by molar-refractivity contribution is -0.124. The maximum atomic E-state index is 12.7. The van der Waals surface area contributed by atoms with Crippen molar-refractivity contribution in [2.75, 3.05) is 6.61 Å². The fourth-order valence-corrected chi connectivity index (χ4v) is 3.37. The number of rotatable bonds is 5. The minimum absolute atomic E-state index is 0.212. The first kappa shape index (κ1) is 18.6. The zero-order chi connectivity index (χ0) is 20.1. The quantitative estimate of drug-likeness (QED) is 0.614. The van der Waals surface area contributed by atoms with Gasteiger partial charge in [-0.3, -0.25) is 9.78 Å². The molecular formula is C24H20N2O3. The summed E-state index contributed by atoms with van der Waals surface area (Å²) in [4.78, 5) is 30.2. The minimum Gasteiger partial charge on any atom is -0.447 e. The van der Waals surface area contributed by atoms with E-state index < -0.39 is 6.09 Å². The summed E-state index contributed by atoms with van der Waals surface area (Å²) in [6.07, 6.45) is 6.64. The summed E-state index contributed by atoms with van der Waals surface area (Å²) in [6.45, 7) is 0.212. The van der Waals surface area contributed by atoms with Crippen molar-refractivity contribution in [2.45, 2.75) is 12.5 Å². The molecule has 2 heterocycles. The van der Waals surface area contributed by atoms with Gasteiger partial charge in [0.1, 0.15) is 6.61 Å². The van der Waals surface area contributed by atoms with Gasteiger partial charge in [0.15, 0.2) is 0 Å². The molecule has 1 aliphatic rings. The van der Waals surface area contributed by atoms with E-state index in [0.717, 1.165) is 22.3 Å². The SMILES string of the molecule is O=C(C=Cc1cccc(-c2cccnc2)c1)N1C(=O)OCC1Cc1ccccc1. The molecule has 1 aliphatic heterocycles. The molecule has 1 atom stereocenters. The van der Waals surface area contributed by atoms with Crippen LogP contribution in [0.3, 0.4) is 0 Å². The number of benzene rings is 2. The third kappa shape index (κ3) is 4.41. The maximum absolute atomic E-state index is 12.7. The Morgan fingerprint density at radius 3 is 2.69 bits per heavy atom. The highest BCUT2D eigenvalue weighted by Gasteiger charge is 2.36. The Morgan fingerprint density at radius 2 is 1.90 bits per heavy atom. The number of aromatic nitrogens is 1. The van der Waals surface area contributed by atoms with Gasteiger partial charge < -0.3 is 4.74 Å². The lowest BCUT2D eigenvalue weighted by Crippen LogP contribution is -2.39. The zero-order valence-electron chi connectivity index (χ0n) is 15.8. The number of imide groups is 1. The number of nitrogens with zero attached hydrogens (tertiary/aromatic N) is 2. The first-order valence-electron chi connectivity index (χ1n) is 9.43. The Morgan fingerprint density at radius 1 is 1.07 bits per heavy atom. The molecule has 29 heavy (non-hydrogen) atoms. The molecule has 0 spiro atoms. The van der Waals surface area contributed by atoms with Crippen molar-refractivity contribution in [1.29, 1.82) is 0 Å². The molecule has 4 rings (SSSR count). The Labute approximate surface area is 169 Å². The fraction of sp³-hybridized carbons (Fsp3) is 0.125. The van der Waals surface area contributed by atoms with E-state index in [4.69, 9.17) is 4.74 Å². The van der Waals surface area contributed by atoms with Crippen molar-refractivity contribution in [3.63, 3.8) is 0 Å². The second-order valence-corrected chi connectivity index (χ2v) is 6.83. The number of amides is 2. The maximum Gasteiger partial charge on any atom is 0.417 e. The zero-order valence-corrected chi connectivity index (χ0v) is 15.8. The number of pyridine rings is 1. The highest BCUT2D eigenvalue weighted by Crippen LogP contribution is 2.21. The van der Waals surface area contributed by atoms with Gasteiger partial charge in [0.2, 0.25) is 0 Å². The van der Waals surface area contributed by atoms with Crippen molar-refractivity contribution in [3.8, 4) is 11.1 Å². The molecule has 3 aromatic rings. The summed E-state index contributed by atoms with van der Waals surface area (Å²) in [5.74, 6) is -0.375. The highest BCUT2D eigenvalue weighted by atomic mass is 16.6. The predicted molar refractivity (Wildman–Crippen MR) is 111 cm³/mol. The molecule has 2 amide bonds. The van der Waals surface area contributed by atoms with Gasteiger partial charge >= 0.3 is 6.09 Å². The molecule has 1 fully saturated rings. The molecule has 0 bridgehead atoms. The summed E-state index contributed by atoms with van der Waals surface area (Å²) in [5, 5.41) is 0. The molecule has 2 aromatic carbocycles. The molecule has 0 saturated carbocycles. The molecule has 1 unspecified atom stereocenters. The standard InChI is InChI=1S/C24H20N2O3/c27-23(26-22(17-29-24(26)28)15-18-6-2-1-3-7-18)12-11-19-8-4-9-20(14-19)21-10-5-13-25-16-21/h1-14,16,22H,15,17H2. The minimum atomic E-state index is -0.593. The van der Waals surface area contributed by atoms with Crippen LogP contribution in [0.25, 0.3) is 17.2 Å². The van der Waals surface area contributed by atoms with E-state index in [0.29, 0.717) is 6.42 Å². The molecule has 144 valence electrons. The summed E-state index contributed by atoms with van der Waals surface area (Å²) < 4.78 is 5.13. The van der Waals surface area contributed by atoms with Gasteiger partial charge in [0.25, 0.3) is 5.91 Å². The van der Waals surface area contributed by atoms with Gasteiger partial charge in [-0.25, -0.2) is 9.69 Å². The van der Waals surface area contributed by atoms with E-state index in [9.17, 15) is 9.59 Å². The number of carbonyl (C=O) groups excluding carboxylic acids is 2. The Balaban J connectivity index is 1.49. The van der Waals surface area contributed by atoms with Crippen LogP contribution in [0.2, 0.25) is 0 Å². The van der Waals surface area contributed by atoms with Crippen LogP contribution >= 0.6 is 0 Å². The molecular weight excluding hydrogens is 364 g/mol. The molecule has 5 nitrogen and oxygen atoms in total. The predicted octanol–water partition coefficient (Wildman–Crippen LogP) is 4.35. The Hall–Kier alpha value is -3.73. The topological polar surface area (TPSA) is 59.5 Å². The smallest absolute Gasteiger partial charge is 0.417 e. The van der Waals surface area contributed by atoms with E-state index >= 15 is 0 Å². The Bertz CT molecular complexity index is 1030. The van der Waals surface area contributed by atoms with Crippen LogP contribution in [-0.2, 0) is 16.0 Å². The molecule has 1 saturated heterocycles. The van der Waals surface area contributed by atoms with Gasteiger partial charge in [-0.1, -0.05) is 54.6 Å². The van der Waals surface area contributed by atoms with E-state index in [1.54, 1.807) is 18.5 Å². The van der Waals surface area contributed by atoms with Crippen molar-refractivity contribution in [3.05, 3.63) is 96.3 Å². The van der Waals surface area contributed by atoms with Crippen LogP contribution < -0.4 is 0 Å². The Kier molecular flexibility index (Phi) is 5.47. The van der Waals surface area contributed by atoms with Gasteiger partial charge in [0, 0.05) is 24.0 Å². The molecule has 0 aliphatic carbocycles. The van der Waals surface area contributed by atoms with E-state index in [-0.39, 0.29) is 18.6 Å². The number of carbonyl (C=O) groups is 2. The number of cyclic esters (lactones) is 1. The van der Waals surface area contributed by atoms with Crippen LogP contribution in [0.4, 0.5) is 4.79 Å². The third-order valence-electron chi connectivity index (χ3n) is 4.81. The molecule has 1 aromatic heterocycles. The van der Waals surface area contributed by atoms with Crippen LogP contribution in [-0.4, -0.2) is 34.5 Å². The van der Waals surface area contributed by atoms with Crippen molar-refractivity contribution >= 4 is 18.1 Å². The van der Waals surface area contributed by atoms with Gasteiger partial charge in [0.05, 0.1) is 6.04 Å². The van der Waals surface area contributed by atoms with Crippen LogP contribution in [0.1, 0.15) is 11.1 Å². The average Bonchev–Trinajstić information content (AvgIpc) is 3.13. The first-order chi connectivity index (χ1) is 14.2. The molecule has 0 radical (unpaired) electrons. The second kappa shape index (κ2) is 8.52.